The summed E-state index contributed by atoms with van der Waals surface area (Å²) in [5.41, 5.74) is 81.4. The number of nitrogens with zero attached hydrogens (tertiary/aromatic N) is 6. The average molecular weight is 1900 g/mol. The third kappa shape index (κ3) is 16.0. The van der Waals surface area contributed by atoms with Gasteiger partial charge in [0, 0.05) is 71.7 Å². The van der Waals surface area contributed by atoms with E-state index in [2.05, 4.69) is 404 Å². The second-order valence-electron chi connectivity index (χ2n) is 42.1. The third-order valence-electron chi connectivity index (χ3n) is 36.4. The van der Waals surface area contributed by atoms with Crippen LogP contribution in [0.1, 0.15) is 267 Å². The largest absolute Gasteiger partial charge is 0.452 e. The van der Waals surface area contributed by atoms with Gasteiger partial charge >= 0.3 is 0 Å². The van der Waals surface area contributed by atoms with Gasteiger partial charge in [-0.2, -0.15) is 0 Å². The van der Waals surface area contributed by atoms with E-state index in [0.717, 1.165) is 34.5 Å². The van der Waals surface area contributed by atoms with Gasteiger partial charge in [-0.05, 0) is 599 Å². The van der Waals surface area contributed by atoms with Crippen molar-refractivity contribution in [3.8, 4) is 34.5 Å². The van der Waals surface area contributed by atoms with Gasteiger partial charge in [-0.1, -0.05) is 35.3 Å². The molecule has 0 spiro atoms. The van der Waals surface area contributed by atoms with Crippen LogP contribution in [0.25, 0.3) is 0 Å². The quantitative estimate of drug-likeness (QED) is 0.145. The van der Waals surface area contributed by atoms with E-state index in [1.165, 1.54) is 365 Å². The molecule has 6 aliphatic rings. The zero-order valence-electron chi connectivity index (χ0n) is 95.1. The number of anilines is 12. The highest BCUT2D eigenvalue weighted by molar-refractivity contribution is 8.00. The maximum atomic E-state index is 6.50. The minimum atomic E-state index is 1.02. The van der Waals surface area contributed by atoms with Gasteiger partial charge in [0.15, 0.2) is 34.5 Å². The van der Waals surface area contributed by atoms with E-state index in [4.69, 9.17) is 14.2 Å². The molecule has 0 bridgehead atoms. The minimum absolute atomic E-state index is 1.02. The van der Waals surface area contributed by atoms with Gasteiger partial charge in [0.25, 0.3) is 0 Å². The Bertz CT molecular complexity index is 5780. The molecule has 0 N–H and O–H groups in total. The predicted molar refractivity (Wildman–Crippen MR) is 606 cm³/mol. The Morgan fingerprint density at radius 3 is 0.290 bits per heavy atom. The Balaban J connectivity index is 0.000000140. The summed E-state index contributed by atoms with van der Waals surface area (Å²) in [5.74, 6) is 6.12. The Hall–Kier alpha value is -10.1. The van der Waals surface area contributed by atoms with E-state index in [9.17, 15) is 0 Å². The molecule has 18 rings (SSSR count). The van der Waals surface area contributed by atoms with Crippen LogP contribution < -0.4 is 43.6 Å². The van der Waals surface area contributed by atoms with Crippen LogP contribution in [0.3, 0.4) is 0 Å². The van der Waals surface area contributed by atoms with Crippen LogP contribution >= 0.6 is 35.3 Å². The highest BCUT2D eigenvalue weighted by atomic mass is 32.2. The van der Waals surface area contributed by atoms with Gasteiger partial charge in [-0.3, -0.25) is 0 Å². The molecule has 0 aromatic heterocycles. The summed E-state index contributed by atoms with van der Waals surface area (Å²) in [6.45, 7) is 107. The van der Waals surface area contributed by atoms with Gasteiger partial charge in [-0.25, -0.2) is 0 Å². The van der Waals surface area contributed by atoms with Gasteiger partial charge in [0.2, 0.25) is 0 Å². The average Bonchev–Trinajstić information content (AvgIpc) is 0.750. The third-order valence-corrected chi connectivity index (χ3v) is 40.7. The van der Waals surface area contributed by atoms with Crippen molar-refractivity contribution in [2.45, 2.75) is 362 Å². The first-order chi connectivity index (χ1) is 64.1. The monoisotopic (exact) mass is 1900 g/mol. The highest BCUT2D eigenvalue weighted by Gasteiger charge is 2.39. The van der Waals surface area contributed by atoms with Crippen LogP contribution in [0.2, 0.25) is 0 Å². The van der Waals surface area contributed by atoms with Gasteiger partial charge < -0.3 is 43.6 Å². The lowest BCUT2D eigenvalue weighted by molar-refractivity contribution is 0.465. The fraction of sp³-hybridized carbons (Fsp3) is 0.429. The van der Waals surface area contributed by atoms with Crippen LogP contribution in [-0.2, 0) is 0 Å². The van der Waals surface area contributed by atoms with Crippen molar-refractivity contribution in [2.75, 3.05) is 71.7 Å². The zero-order valence-corrected chi connectivity index (χ0v) is 97.6. The van der Waals surface area contributed by atoms with E-state index >= 15 is 0 Å². The summed E-state index contributed by atoms with van der Waals surface area (Å²) in [6, 6.07) is 0. The van der Waals surface area contributed by atoms with Crippen molar-refractivity contribution in [2.24, 2.45) is 0 Å². The molecule has 0 saturated heterocycles. The number of fused-ring (bicyclic) bond motifs is 12. The van der Waals surface area contributed by atoms with Crippen LogP contribution in [0.15, 0.2) is 29.4 Å². The Morgan fingerprint density at radius 2 is 0.181 bits per heavy atom. The van der Waals surface area contributed by atoms with Gasteiger partial charge in [0.05, 0.1) is 68.2 Å². The highest BCUT2D eigenvalue weighted by Crippen LogP contribution is 2.63. The molecular formula is C126H162N6O3S3. The fourth-order valence-electron chi connectivity index (χ4n) is 22.7. The van der Waals surface area contributed by atoms with Crippen molar-refractivity contribution in [1.82, 2.24) is 0 Å². The number of rotatable bonds is 0. The molecule has 12 heteroatoms. The van der Waals surface area contributed by atoms with E-state index in [1.807, 2.05) is 35.3 Å². The topological polar surface area (TPSA) is 47.1 Å². The molecule has 12 aromatic rings. The second-order valence-corrected chi connectivity index (χ2v) is 45.2. The number of hydrogen-bond donors (Lipinski definition) is 0. The number of hydrogen-bond acceptors (Lipinski definition) is 12. The van der Waals surface area contributed by atoms with Crippen molar-refractivity contribution in [3.05, 3.63) is 267 Å². The summed E-state index contributed by atoms with van der Waals surface area (Å²) in [4.78, 5) is 22.9. The molecule has 0 unspecified atom stereocenters. The smallest absolute Gasteiger partial charge is 0.154 e. The lowest BCUT2D eigenvalue weighted by Crippen LogP contribution is -2.21. The zero-order chi connectivity index (χ0) is 103. The first kappa shape index (κ1) is 105. The van der Waals surface area contributed by atoms with Crippen molar-refractivity contribution in [3.63, 3.8) is 0 Å². The van der Waals surface area contributed by atoms with Crippen molar-refractivity contribution in [1.29, 1.82) is 0 Å². The molecule has 0 saturated carbocycles. The molecule has 0 aliphatic carbocycles. The van der Waals surface area contributed by atoms with Gasteiger partial charge in [-0.15, -0.1) is 0 Å². The first-order valence-electron chi connectivity index (χ1n) is 49.8. The summed E-state index contributed by atoms with van der Waals surface area (Å²) in [5, 5.41) is 0. The van der Waals surface area contributed by atoms with Crippen molar-refractivity contribution < 1.29 is 14.2 Å². The molecule has 0 radical (unpaired) electrons. The lowest BCUT2D eigenvalue weighted by atomic mass is 9.91. The Morgan fingerprint density at radius 1 is 0.101 bits per heavy atom. The maximum Gasteiger partial charge on any atom is 0.154 e. The van der Waals surface area contributed by atoms with Gasteiger partial charge in [0.1, 0.15) is 0 Å². The Kier molecular flexibility index (Phi) is 29.0. The normalized spacial score (nSPS) is 13.0. The van der Waals surface area contributed by atoms with Crippen LogP contribution in [-0.4, -0.2) is 42.3 Å². The molecule has 6 heterocycles. The SMILES string of the molecule is Cc1c(C)c(C)c2c(c1C)Oc1c(C)c(C)c(C)c(C)c1N2C.Cc1c(C)c(C)c2c(c1C)Oc1c(C)c(C)c(C)c(C)c1N2C.Cc1c(C)c(C)c2c(c1C)Oc1c(C)c(C)c(C)c(C)c1N2C.Cc1c(C)c(C)c2c(c1C)Sc1c(C)c(C)c(C)c(C)c1N2C.Cc1c(C)c(C)c2c(c1C)Sc1c(C)c(C)c(C)c(C)c1N2C.Cc1c(C)c(C)c2c(c1C)Sc1c(C)c(C)c(C)c(C)c1N2C. The van der Waals surface area contributed by atoms with Crippen LogP contribution in [0.4, 0.5) is 68.2 Å². The molecule has 138 heavy (non-hydrogen) atoms. The predicted octanol–water partition coefficient (Wildman–Crippen LogP) is 37.2. The first-order valence-corrected chi connectivity index (χ1v) is 52.3. The fourth-order valence-corrected chi connectivity index (χ4v) is 27.5. The molecule has 0 fully saturated rings. The van der Waals surface area contributed by atoms with Crippen LogP contribution in [0, 0.1) is 332 Å². The van der Waals surface area contributed by atoms with E-state index in [0.29, 0.717) is 0 Å². The summed E-state index contributed by atoms with van der Waals surface area (Å²) >= 11 is 5.92. The maximum absolute atomic E-state index is 6.50. The van der Waals surface area contributed by atoms with E-state index < -0.39 is 0 Å². The van der Waals surface area contributed by atoms with Crippen LogP contribution in [0.5, 0.6) is 34.5 Å². The number of ether oxygens (including phenoxy) is 3. The molecule has 0 amide bonds. The molecule has 12 aromatic carbocycles. The molecular weight excluding hydrogens is 1740 g/mol. The summed E-state index contributed by atoms with van der Waals surface area (Å²) in [7, 11) is 13.2. The molecule has 732 valence electrons. The number of benzene rings is 12. The lowest BCUT2D eigenvalue weighted by Gasteiger charge is -2.36. The summed E-state index contributed by atoms with van der Waals surface area (Å²) in [6.07, 6.45) is 0. The second kappa shape index (κ2) is 38.1. The van der Waals surface area contributed by atoms with E-state index in [-0.39, 0.29) is 0 Å². The summed E-state index contributed by atoms with van der Waals surface area (Å²) < 4.78 is 19.5. The Labute approximate surface area is 846 Å². The standard InChI is InChI=1S/3C21H27NO.3C21H27NS/c6*1-10-12(3)16(7)20-18(14(10)5)22(9)19-15(6)11(2)13(4)17(8)21(19)23-20/h6*1-9H3. The molecule has 0 atom stereocenters. The molecule has 9 nitrogen and oxygen atoms in total. The molecule has 6 aliphatic heterocycles. The minimum Gasteiger partial charge on any atom is -0.452 e. The van der Waals surface area contributed by atoms with E-state index in [1.54, 1.807) is 0 Å². The van der Waals surface area contributed by atoms with Crippen molar-refractivity contribution >= 4 is 104 Å².